The largest absolute Gasteiger partial charge is 0.573 e. The van der Waals surface area contributed by atoms with Crippen molar-refractivity contribution < 1.29 is 31.8 Å². The fraction of sp³-hybridized carbons (Fsp3) is 0.300. The SMILES string of the molecule is COC(=O)[C@H](N)c1cc(OC(F)(F)F)ccc1F. The number of hydrogen-bond donors (Lipinski definition) is 1. The van der Waals surface area contributed by atoms with Crippen LogP contribution in [0.3, 0.4) is 0 Å². The van der Waals surface area contributed by atoms with Crippen molar-refractivity contribution in [2.75, 3.05) is 7.11 Å². The van der Waals surface area contributed by atoms with Crippen LogP contribution < -0.4 is 10.5 Å². The van der Waals surface area contributed by atoms with Crippen LogP contribution in [0.25, 0.3) is 0 Å². The number of methoxy groups -OCH3 is 1. The smallest absolute Gasteiger partial charge is 0.468 e. The Labute approximate surface area is 99.3 Å². The van der Waals surface area contributed by atoms with E-state index in [0.717, 1.165) is 19.2 Å². The maximum Gasteiger partial charge on any atom is 0.573 e. The Kier molecular flexibility index (Phi) is 4.12. The molecule has 1 rings (SSSR count). The van der Waals surface area contributed by atoms with Gasteiger partial charge >= 0.3 is 12.3 Å². The first-order valence-corrected chi connectivity index (χ1v) is 4.63. The number of hydrogen-bond acceptors (Lipinski definition) is 4. The first-order valence-electron chi connectivity index (χ1n) is 4.63. The average Bonchev–Trinajstić information content (AvgIpc) is 2.28. The number of carbonyl (C=O) groups is 1. The van der Waals surface area contributed by atoms with E-state index in [1.54, 1.807) is 0 Å². The van der Waals surface area contributed by atoms with Crippen molar-refractivity contribution in [2.45, 2.75) is 12.4 Å². The molecule has 0 bridgehead atoms. The van der Waals surface area contributed by atoms with E-state index in [9.17, 15) is 22.4 Å². The Morgan fingerprint density at radius 2 is 2.00 bits per heavy atom. The van der Waals surface area contributed by atoms with Gasteiger partial charge in [-0.15, -0.1) is 13.2 Å². The van der Waals surface area contributed by atoms with Crippen molar-refractivity contribution >= 4 is 5.97 Å². The molecular formula is C10H9F4NO3. The summed E-state index contributed by atoms with van der Waals surface area (Å²) in [5.74, 6) is -2.57. The van der Waals surface area contributed by atoms with Gasteiger partial charge in [0.15, 0.2) is 0 Å². The van der Waals surface area contributed by atoms with Crippen LogP contribution in [0.5, 0.6) is 5.75 Å². The van der Waals surface area contributed by atoms with Gasteiger partial charge in [0.05, 0.1) is 7.11 Å². The molecule has 0 aromatic heterocycles. The molecule has 0 radical (unpaired) electrons. The van der Waals surface area contributed by atoms with E-state index in [1.165, 1.54) is 0 Å². The van der Waals surface area contributed by atoms with Crippen LogP contribution in [0, 0.1) is 5.82 Å². The monoisotopic (exact) mass is 267 g/mol. The number of halogens is 4. The van der Waals surface area contributed by atoms with Crippen LogP contribution in [-0.4, -0.2) is 19.4 Å². The molecule has 0 amide bonds. The van der Waals surface area contributed by atoms with Gasteiger partial charge in [-0.3, -0.25) is 4.79 Å². The number of esters is 1. The van der Waals surface area contributed by atoms with Gasteiger partial charge < -0.3 is 15.2 Å². The van der Waals surface area contributed by atoms with E-state index >= 15 is 0 Å². The minimum Gasteiger partial charge on any atom is -0.468 e. The summed E-state index contributed by atoms with van der Waals surface area (Å²) < 4.78 is 57.1. The van der Waals surface area contributed by atoms with E-state index in [4.69, 9.17) is 5.73 Å². The van der Waals surface area contributed by atoms with Gasteiger partial charge in [0, 0.05) is 5.56 Å². The lowest BCUT2D eigenvalue weighted by Crippen LogP contribution is -2.24. The van der Waals surface area contributed by atoms with E-state index < -0.39 is 35.5 Å². The van der Waals surface area contributed by atoms with Gasteiger partial charge in [-0.25, -0.2) is 4.39 Å². The van der Waals surface area contributed by atoms with Crippen molar-refractivity contribution in [1.29, 1.82) is 0 Å². The highest BCUT2D eigenvalue weighted by Gasteiger charge is 2.32. The molecule has 0 heterocycles. The van der Waals surface area contributed by atoms with Crippen molar-refractivity contribution in [2.24, 2.45) is 5.73 Å². The van der Waals surface area contributed by atoms with Crippen LogP contribution in [0.2, 0.25) is 0 Å². The standard InChI is InChI=1S/C10H9F4NO3/c1-17-9(16)8(15)6-4-5(2-3-7(6)11)18-10(12,13)14/h2-4,8H,15H2,1H3/t8-/m1/s1. The summed E-state index contributed by atoms with van der Waals surface area (Å²) in [7, 11) is 1.02. The molecule has 4 nitrogen and oxygen atoms in total. The fourth-order valence-electron chi connectivity index (χ4n) is 1.21. The topological polar surface area (TPSA) is 61.5 Å². The third-order valence-corrected chi connectivity index (χ3v) is 1.99. The second-order valence-corrected chi connectivity index (χ2v) is 3.23. The van der Waals surface area contributed by atoms with Gasteiger partial charge in [0.2, 0.25) is 0 Å². The Balaban J connectivity index is 3.05. The first kappa shape index (κ1) is 14.2. The van der Waals surface area contributed by atoms with E-state index in [1.807, 2.05) is 0 Å². The summed E-state index contributed by atoms with van der Waals surface area (Å²) in [6.07, 6.45) is -4.91. The highest BCUT2D eigenvalue weighted by Crippen LogP contribution is 2.27. The maximum atomic E-state index is 13.3. The maximum absolute atomic E-state index is 13.3. The minimum atomic E-state index is -4.91. The van der Waals surface area contributed by atoms with Crippen LogP contribution in [0.4, 0.5) is 17.6 Å². The van der Waals surface area contributed by atoms with Crippen LogP contribution in [0.1, 0.15) is 11.6 Å². The summed E-state index contributed by atoms with van der Waals surface area (Å²) in [6.45, 7) is 0. The first-order chi connectivity index (χ1) is 8.24. The normalized spacial score (nSPS) is 13.0. The molecule has 1 aromatic carbocycles. The highest BCUT2D eigenvalue weighted by molar-refractivity contribution is 5.77. The van der Waals surface area contributed by atoms with Gasteiger partial charge in [-0.2, -0.15) is 0 Å². The molecule has 0 aliphatic heterocycles. The van der Waals surface area contributed by atoms with Crippen molar-refractivity contribution in [1.82, 2.24) is 0 Å². The van der Waals surface area contributed by atoms with Crippen LogP contribution in [-0.2, 0) is 9.53 Å². The minimum absolute atomic E-state index is 0.441. The molecule has 0 aliphatic rings. The van der Waals surface area contributed by atoms with Crippen molar-refractivity contribution in [3.05, 3.63) is 29.6 Å². The number of benzene rings is 1. The molecule has 8 heteroatoms. The number of alkyl halides is 3. The second-order valence-electron chi connectivity index (χ2n) is 3.23. The molecule has 0 saturated heterocycles. The zero-order valence-electron chi connectivity index (χ0n) is 9.12. The quantitative estimate of drug-likeness (QED) is 0.671. The van der Waals surface area contributed by atoms with Gasteiger partial charge in [0.1, 0.15) is 17.6 Å². The molecule has 1 atom stereocenters. The average molecular weight is 267 g/mol. The summed E-state index contributed by atoms with van der Waals surface area (Å²) in [4.78, 5) is 11.1. The lowest BCUT2D eigenvalue weighted by atomic mass is 10.1. The van der Waals surface area contributed by atoms with Crippen molar-refractivity contribution in [3.63, 3.8) is 0 Å². The Morgan fingerprint density at radius 3 is 2.50 bits per heavy atom. The molecule has 100 valence electrons. The summed E-state index contributed by atoms with van der Waals surface area (Å²) >= 11 is 0. The summed E-state index contributed by atoms with van der Waals surface area (Å²) in [6, 6.07) is 0.673. The van der Waals surface area contributed by atoms with Crippen LogP contribution >= 0.6 is 0 Å². The van der Waals surface area contributed by atoms with Crippen molar-refractivity contribution in [3.8, 4) is 5.75 Å². The summed E-state index contributed by atoms with van der Waals surface area (Å²) in [5.41, 5.74) is 4.89. The van der Waals surface area contributed by atoms with Gasteiger partial charge in [-0.05, 0) is 18.2 Å². The molecule has 0 unspecified atom stereocenters. The van der Waals surface area contributed by atoms with E-state index in [0.29, 0.717) is 6.07 Å². The molecular weight excluding hydrogens is 258 g/mol. The predicted molar refractivity (Wildman–Crippen MR) is 52.0 cm³/mol. The molecule has 18 heavy (non-hydrogen) atoms. The van der Waals surface area contributed by atoms with Gasteiger partial charge in [-0.1, -0.05) is 0 Å². The molecule has 0 spiro atoms. The third kappa shape index (κ3) is 3.59. The number of nitrogens with two attached hydrogens (primary N) is 1. The molecule has 0 saturated carbocycles. The fourth-order valence-corrected chi connectivity index (χ4v) is 1.21. The molecule has 0 aliphatic carbocycles. The lowest BCUT2D eigenvalue weighted by molar-refractivity contribution is -0.274. The summed E-state index contributed by atoms with van der Waals surface area (Å²) in [5, 5.41) is 0. The van der Waals surface area contributed by atoms with Crippen LogP contribution in [0.15, 0.2) is 18.2 Å². The lowest BCUT2D eigenvalue weighted by Gasteiger charge is -2.13. The number of carbonyl (C=O) groups excluding carboxylic acids is 1. The highest BCUT2D eigenvalue weighted by atomic mass is 19.4. The Hall–Kier alpha value is -1.83. The molecule has 0 fully saturated rings. The van der Waals surface area contributed by atoms with Gasteiger partial charge in [0.25, 0.3) is 0 Å². The molecule has 1 aromatic rings. The third-order valence-electron chi connectivity index (χ3n) is 1.99. The second kappa shape index (κ2) is 5.21. The number of ether oxygens (including phenoxy) is 2. The zero-order chi connectivity index (χ0) is 13.9. The van der Waals surface area contributed by atoms with E-state index in [2.05, 4.69) is 9.47 Å². The zero-order valence-corrected chi connectivity index (χ0v) is 9.12. The Morgan fingerprint density at radius 1 is 1.39 bits per heavy atom. The van der Waals surface area contributed by atoms with E-state index in [-0.39, 0.29) is 0 Å². The predicted octanol–water partition coefficient (Wildman–Crippen LogP) is 1.90. The number of rotatable bonds is 3. The Bertz CT molecular complexity index is 447. The molecule has 2 N–H and O–H groups in total.